The molecular formula is C53H37N5. The normalized spacial score (nSPS) is 17.3. The zero-order chi connectivity index (χ0) is 38.4. The van der Waals surface area contributed by atoms with Crippen LogP contribution in [0.1, 0.15) is 23.5 Å². The summed E-state index contributed by atoms with van der Waals surface area (Å²) >= 11 is 0. The van der Waals surface area contributed by atoms with Crippen LogP contribution in [0, 0.1) is 0 Å². The minimum absolute atomic E-state index is 0.148. The topological polar surface area (TPSA) is 63.6 Å². The Morgan fingerprint density at radius 1 is 0.603 bits per heavy atom. The molecule has 1 N–H and O–H groups in total. The molecule has 5 nitrogen and oxygen atoms in total. The van der Waals surface area contributed by atoms with E-state index in [0.29, 0.717) is 0 Å². The van der Waals surface area contributed by atoms with Crippen LogP contribution in [-0.2, 0) is 0 Å². The number of hydrogen-bond acceptors (Lipinski definition) is 5. The first-order valence-electron chi connectivity index (χ1n) is 19.8. The van der Waals surface area contributed by atoms with Gasteiger partial charge in [0, 0.05) is 57.4 Å². The van der Waals surface area contributed by atoms with E-state index < -0.39 is 0 Å². The molecule has 8 aromatic rings. The smallest absolute Gasteiger partial charge is 0.0716 e. The molecule has 0 spiro atoms. The van der Waals surface area contributed by atoms with Gasteiger partial charge >= 0.3 is 0 Å². The number of dihydropyridines is 1. The van der Waals surface area contributed by atoms with Crippen LogP contribution in [0.15, 0.2) is 211 Å². The summed E-state index contributed by atoms with van der Waals surface area (Å²) < 4.78 is 0. The summed E-state index contributed by atoms with van der Waals surface area (Å²) in [5.41, 5.74) is 16.7. The number of para-hydroxylation sites is 1. The Hall–Kier alpha value is -7.50. The van der Waals surface area contributed by atoms with E-state index in [2.05, 4.69) is 185 Å². The third kappa shape index (κ3) is 6.23. The van der Waals surface area contributed by atoms with Crippen LogP contribution in [0.4, 0.5) is 0 Å². The molecule has 2 unspecified atom stereocenters. The van der Waals surface area contributed by atoms with Gasteiger partial charge in [-0.1, -0.05) is 115 Å². The second kappa shape index (κ2) is 14.2. The highest BCUT2D eigenvalue weighted by atomic mass is 14.9. The fourth-order valence-electron chi connectivity index (χ4n) is 8.65. The summed E-state index contributed by atoms with van der Waals surface area (Å²) in [6.45, 7) is 0. The van der Waals surface area contributed by atoms with Crippen molar-refractivity contribution in [2.45, 2.75) is 18.4 Å². The Morgan fingerprint density at radius 3 is 2.28 bits per heavy atom. The van der Waals surface area contributed by atoms with Gasteiger partial charge in [-0.05, 0) is 106 Å². The summed E-state index contributed by atoms with van der Waals surface area (Å²) in [6.07, 6.45) is 24.4. The Bertz CT molecular complexity index is 3120. The summed E-state index contributed by atoms with van der Waals surface area (Å²) in [7, 11) is 0. The number of hydrogen-bond donors (Lipinski definition) is 1. The van der Waals surface area contributed by atoms with Crippen LogP contribution in [0.25, 0.3) is 71.9 Å². The predicted octanol–water partition coefficient (Wildman–Crippen LogP) is 12.1. The fourth-order valence-corrected chi connectivity index (χ4v) is 8.65. The van der Waals surface area contributed by atoms with Crippen LogP contribution in [-0.4, -0.2) is 26.0 Å². The largest absolute Gasteiger partial charge is 0.381 e. The lowest BCUT2D eigenvalue weighted by Crippen LogP contribution is -2.28. The van der Waals surface area contributed by atoms with Gasteiger partial charge in [0.1, 0.15) is 0 Å². The molecule has 0 amide bonds. The maximum absolute atomic E-state index is 5.29. The molecule has 0 saturated carbocycles. The van der Waals surface area contributed by atoms with E-state index in [-0.39, 0.29) is 12.0 Å². The van der Waals surface area contributed by atoms with Gasteiger partial charge in [0.15, 0.2) is 0 Å². The van der Waals surface area contributed by atoms with Crippen molar-refractivity contribution in [1.29, 1.82) is 0 Å². The molecule has 2 aliphatic carbocycles. The number of rotatable bonds is 6. The minimum Gasteiger partial charge on any atom is -0.381 e. The van der Waals surface area contributed by atoms with Gasteiger partial charge in [0.25, 0.3) is 0 Å². The predicted molar refractivity (Wildman–Crippen MR) is 238 cm³/mol. The van der Waals surface area contributed by atoms with Crippen molar-refractivity contribution in [3.8, 4) is 33.6 Å². The number of aromatic nitrogens is 4. The average Bonchev–Trinajstić information content (AvgIpc) is 3.30. The molecule has 11 rings (SSSR count). The van der Waals surface area contributed by atoms with Crippen molar-refractivity contribution in [1.82, 2.24) is 25.3 Å². The van der Waals surface area contributed by atoms with Crippen LogP contribution < -0.4 is 5.32 Å². The van der Waals surface area contributed by atoms with Crippen molar-refractivity contribution in [3.63, 3.8) is 0 Å². The fraction of sp³-hybridized carbons (Fsp3) is 0.0566. The van der Waals surface area contributed by atoms with E-state index in [1.807, 2.05) is 18.5 Å². The number of fused-ring (bicyclic) bond motifs is 4. The monoisotopic (exact) mass is 743 g/mol. The molecule has 0 bridgehead atoms. The zero-order valence-corrected chi connectivity index (χ0v) is 31.6. The van der Waals surface area contributed by atoms with Gasteiger partial charge in [0.2, 0.25) is 0 Å². The highest BCUT2D eigenvalue weighted by Gasteiger charge is 2.25. The first kappa shape index (κ1) is 33.8. The van der Waals surface area contributed by atoms with E-state index in [1.165, 1.54) is 33.4 Å². The number of nitrogens with zero attached hydrogens (tertiary/aromatic N) is 4. The van der Waals surface area contributed by atoms with Crippen molar-refractivity contribution >= 4 is 38.3 Å². The summed E-state index contributed by atoms with van der Waals surface area (Å²) in [6, 6.07) is 45.1. The molecule has 2 atom stereocenters. The first-order valence-corrected chi connectivity index (χ1v) is 19.8. The Morgan fingerprint density at radius 2 is 1.40 bits per heavy atom. The lowest BCUT2D eigenvalue weighted by Gasteiger charge is -2.29. The molecule has 5 heteroatoms. The maximum atomic E-state index is 5.29. The Balaban J connectivity index is 0.964. The van der Waals surface area contributed by atoms with E-state index in [0.717, 1.165) is 72.8 Å². The van der Waals surface area contributed by atoms with E-state index >= 15 is 0 Å². The Kier molecular flexibility index (Phi) is 8.29. The number of pyridine rings is 4. The standard InChI is InChI=1S/C53H37N5/c1-3-12-50-46(10-1)44(22-25-55-50)42-28-41(29-43(30-42)45-23-26-56-51-13-4-2-11-47(45)51)37-16-14-34-19-21-49(58-52(34)31-37)39-17-15-35-18-20-48(57-53(35)32-39)38-8-5-7-36(27-38)40-9-6-24-54-33-40/h1-28,30-33,41,51,56H,29H2. The third-order valence-corrected chi connectivity index (χ3v) is 11.6. The third-order valence-electron chi connectivity index (χ3n) is 11.6. The quantitative estimate of drug-likeness (QED) is 0.184. The minimum atomic E-state index is 0.148. The number of benzene rings is 4. The Labute approximate surface area is 336 Å². The van der Waals surface area contributed by atoms with Crippen molar-refractivity contribution in [2.75, 3.05) is 0 Å². The van der Waals surface area contributed by atoms with Gasteiger partial charge in [0.05, 0.1) is 34.0 Å². The molecule has 58 heavy (non-hydrogen) atoms. The molecule has 4 aromatic carbocycles. The van der Waals surface area contributed by atoms with Crippen molar-refractivity contribution in [3.05, 3.63) is 223 Å². The van der Waals surface area contributed by atoms with Gasteiger partial charge < -0.3 is 5.32 Å². The van der Waals surface area contributed by atoms with E-state index in [1.54, 1.807) is 6.20 Å². The van der Waals surface area contributed by atoms with Crippen LogP contribution >= 0.6 is 0 Å². The maximum Gasteiger partial charge on any atom is 0.0716 e. The van der Waals surface area contributed by atoms with Gasteiger partial charge in [-0.2, -0.15) is 0 Å². The highest BCUT2D eigenvalue weighted by Crippen LogP contribution is 2.42. The summed E-state index contributed by atoms with van der Waals surface area (Å²) in [5, 5.41) is 6.89. The van der Waals surface area contributed by atoms with Crippen molar-refractivity contribution < 1.29 is 0 Å². The lowest BCUT2D eigenvalue weighted by molar-refractivity contribution is 0.770. The molecule has 0 fully saturated rings. The molecule has 0 radical (unpaired) electrons. The zero-order valence-electron chi connectivity index (χ0n) is 31.6. The molecule has 4 aromatic heterocycles. The van der Waals surface area contributed by atoms with Crippen molar-refractivity contribution in [2.24, 2.45) is 0 Å². The van der Waals surface area contributed by atoms with Crippen LogP contribution in [0.2, 0.25) is 0 Å². The van der Waals surface area contributed by atoms with Gasteiger partial charge in [-0.15, -0.1) is 0 Å². The number of nitrogens with one attached hydrogen (secondary N) is 1. The highest BCUT2D eigenvalue weighted by molar-refractivity contribution is 5.95. The molecule has 0 saturated heterocycles. The van der Waals surface area contributed by atoms with E-state index in [9.17, 15) is 0 Å². The van der Waals surface area contributed by atoms with E-state index in [4.69, 9.17) is 9.97 Å². The molecule has 5 heterocycles. The summed E-state index contributed by atoms with van der Waals surface area (Å²) in [4.78, 5) is 19.4. The van der Waals surface area contributed by atoms with Crippen LogP contribution in [0.3, 0.4) is 0 Å². The molecular weight excluding hydrogens is 707 g/mol. The average molecular weight is 744 g/mol. The van der Waals surface area contributed by atoms with Crippen LogP contribution in [0.5, 0.6) is 0 Å². The molecule has 1 aliphatic heterocycles. The van der Waals surface area contributed by atoms with Gasteiger partial charge in [-0.25, -0.2) is 9.97 Å². The molecule has 3 aliphatic rings. The summed E-state index contributed by atoms with van der Waals surface area (Å²) in [5.74, 6) is 0.148. The second-order valence-electron chi connectivity index (χ2n) is 15.1. The first-order chi connectivity index (χ1) is 28.7. The SMILES string of the molecule is C1=CC2=C(C3=CC(c4ccnc5ccccc45)=CC(c4ccc5ccc(-c6ccc7ccc(-c8cccc(-c9cccnc9)c8)nc7c6)nc5c4)C3)C=CNC2C=C1. The lowest BCUT2D eigenvalue weighted by atomic mass is 9.78. The van der Waals surface area contributed by atoms with Gasteiger partial charge in [-0.3, -0.25) is 9.97 Å². The molecule has 274 valence electrons. The number of allylic oxidation sites excluding steroid dienone is 8. The second-order valence-corrected chi connectivity index (χ2v) is 15.1.